The molecule has 2 fully saturated rings. The van der Waals surface area contributed by atoms with Crippen molar-refractivity contribution >= 4 is 24.1 Å². The van der Waals surface area contributed by atoms with Gasteiger partial charge in [-0.25, -0.2) is 4.98 Å². The van der Waals surface area contributed by atoms with Gasteiger partial charge in [-0.2, -0.15) is 0 Å². The number of hydrogen-bond acceptors (Lipinski definition) is 5. The maximum Gasteiger partial charge on any atom is 0.227 e. The van der Waals surface area contributed by atoms with Gasteiger partial charge in [-0.3, -0.25) is 9.69 Å². The summed E-state index contributed by atoms with van der Waals surface area (Å²) in [5, 5.41) is 3.32. The van der Waals surface area contributed by atoms with E-state index in [4.69, 9.17) is 0 Å². The van der Waals surface area contributed by atoms with Crippen LogP contribution in [0.15, 0.2) is 18.3 Å². The average Bonchev–Trinajstić information content (AvgIpc) is 2.68. The first-order valence-corrected chi connectivity index (χ1v) is 9.55. The second kappa shape index (κ2) is 10.1. The molecule has 2 saturated heterocycles. The largest absolute Gasteiger partial charge is 0.360 e. The fourth-order valence-electron chi connectivity index (χ4n) is 3.70. The fraction of sp³-hybridized carbons (Fsp3) is 0.684. The van der Waals surface area contributed by atoms with Crippen LogP contribution in [0.5, 0.6) is 0 Å². The Hall–Kier alpha value is -1.37. The van der Waals surface area contributed by atoms with Crippen LogP contribution in [0.1, 0.15) is 25.3 Å². The molecule has 146 valence electrons. The predicted molar refractivity (Wildman–Crippen MR) is 108 cm³/mol. The highest BCUT2D eigenvalue weighted by Gasteiger charge is 2.29. The number of rotatable bonds is 5. The summed E-state index contributed by atoms with van der Waals surface area (Å²) < 4.78 is 0. The molecule has 3 rings (SSSR count). The van der Waals surface area contributed by atoms with Crippen molar-refractivity contribution in [1.82, 2.24) is 20.1 Å². The lowest BCUT2D eigenvalue weighted by Gasteiger charge is -2.36. The molecule has 1 aromatic rings. The minimum Gasteiger partial charge on any atom is -0.360 e. The molecule has 1 aromatic heterocycles. The van der Waals surface area contributed by atoms with Gasteiger partial charge in [0.25, 0.3) is 0 Å². The van der Waals surface area contributed by atoms with Crippen molar-refractivity contribution in [3.8, 4) is 0 Å². The Morgan fingerprint density at radius 1 is 1.31 bits per heavy atom. The maximum atomic E-state index is 12.8. The van der Waals surface area contributed by atoms with Crippen molar-refractivity contribution < 1.29 is 4.79 Å². The molecule has 0 aliphatic carbocycles. The standard InChI is InChI=1S/C19H31N5O.ClH/c1-3-22(2)18-7-6-16(13-21-18)14-23-10-4-5-17(15-23)19(25)24-11-8-20-9-12-24;/h6-7,13,17,20H,3-5,8-12,14-15H2,1-2H3;1H. The average molecular weight is 382 g/mol. The Bertz CT molecular complexity index is 562. The molecule has 0 bridgehead atoms. The SMILES string of the molecule is CCN(C)c1ccc(CN2CCCC(C(=O)N3CCNCC3)C2)cn1.Cl. The Kier molecular flexibility index (Phi) is 8.13. The van der Waals surface area contributed by atoms with Gasteiger partial charge in [-0.1, -0.05) is 6.07 Å². The van der Waals surface area contributed by atoms with E-state index in [0.29, 0.717) is 5.91 Å². The van der Waals surface area contributed by atoms with Crippen LogP contribution in [0.4, 0.5) is 5.82 Å². The molecule has 2 aliphatic rings. The Labute approximate surface area is 163 Å². The van der Waals surface area contributed by atoms with Gasteiger partial charge in [-0.05, 0) is 37.9 Å². The first-order chi connectivity index (χ1) is 12.2. The van der Waals surface area contributed by atoms with Gasteiger partial charge < -0.3 is 15.1 Å². The number of piperidine rings is 1. The van der Waals surface area contributed by atoms with E-state index in [2.05, 4.69) is 46.2 Å². The highest BCUT2D eigenvalue weighted by Crippen LogP contribution is 2.21. The van der Waals surface area contributed by atoms with Gasteiger partial charge in [0.1, 0.15) is 5.82 Å². The Morgan fingerprint density at radius 3 is 2.73 bits per heavy atom. The van der Waals surface area contributed by atoms with Crippen LogP contribution in [0.3, 0.4) is 0 Å². The fourth-order valence-corrected chi connectivity index (χ4v) is 3.70. The van der Waals surface area contributed by atoms with Crippen LogP contribution in [0, 0.1) is 5.92 Å². The van der Waals surface area contributed by atoms with Crippen molar-refractivity contribution in [3.63, 3.8) is 0 Å². The molecule has 0 spiro atoms. The number of carbonyl (C=O) groups excluding carboxylic acids is 1. The lowest BCUT2D eigenvalue weighted by atomic mass is 9.96. The lowest BCUT2D eigenvalue weighted by Crippen LogP contribution is -2.51. The van der Waals surface area contributed by atoms with E-state index in [9.17, 15) is 4.79 Å². The first-order valence-electron chi connectivity index (χ1n) is 9.55. The third kappa shape index (κ3) is 5.32. The number of anilines is 1. The Morgan fingerprint density at radius 2 is 2.08 bits per heavy atom. The van der Waals surface area contributed by atoms with E-state index in [1.54, 1.807) is 0 Å². The van der Waals surface area contributed by atoms with Crippen molar-refractivity contribution in [2.45, 2.75) is 26.3 Å². The smallest absolute Gasteiger partial charge is 0.227 e. The van der Waals surface area contributed by atoms with Crippen LogP contribution in [0.25, 0.3) is 0 Å². The number of pyridine rings is 1. The summed E-state index contributed by atoms with van der Waals surface area (Å²) in [5.41, 5.74) is 1.23. The predicted octanol–water partition coefficient (Wildman–Crippen LogP) is 1.60. The normalized spacial score (nSPS) is 21.2. The molecule has 7 heteroatoms. The zero-order chi connectivity index (χ0) is 17.6. The zero-order valence-electron chi connectivity index (χ0n) is 16.0. The molecular formula is C19H32ClN5O. The number of nitrogens with zero attached hydrogens (tertiary/aromatic N) is 4. The molecule has 1 amide bonds. The summed E-state index contributed by atoms with van der Waals surface area (Å²) >= 11 is 0. The summed E-state index contributed by atoms with van der Waals surface area (Å²) in [6, 6.07) is 4.25. The van der Waals surface area contributed by atoms with Crippen molar-refractivity contribution in [2.24, 2.45) is 5.92 Å². The van der Waals surface area contributed by atoms with Crippen molar-refractivity contribution in [3.05, 3.63) is 23.9 Å². The van der Waals surface area contributed by atoms with E-state index in [0.717, 1.165) is 71.0 Å². The van der Waals surface area contributed by atoms with Crippen LogP contribution in [0.2, 0.25) is 0 Å². The van der Waals surface area contributed by atoms with Crippen LogP contribution in [-0.4, -0.2) is 73.6 Å². The summed E-state index contributed by atoms with van der Waals surface area (Å²) in [6.07, 6.45) is 4.10. The summed E-state index contributed by atoms with van der Waals surface area (Å²) in [4.78, 5) is 23.9. The van der Waals surface area contributed by atoms with Gasteiger partial charge in [0, 0.05) is 59.1 Å². The highest BCUT2D eigenvalue weighted by atomic mass is 35.5. The monoisotopic (exact) mass is 381 g/mol. The van der Waals surface area contributed by atoms with Crippen LogP contribution >= 0.6 is 12.4 Å². The third-order valence-electron chi connectivity index (χ3n) is 5.36. The molecule has 26 heavy (non-hydrogen) atoms. The molecule has 1 atom stereocenters. The molecule has 1 N–H and O–H groups in total. The molecule has 0 aromatic carbocycles. The van der Waals surface area contributed by atoms with Crippen molar-refractivity contribution in [2.75, 3.05) is 57.8 Å². The Balaban J connectivity index is 0.00000243. The van der Waals surface area contributed by atoms with Gasteiger partial charge >= 0.3 is 0 Å². The molecular weight excluding hydrogens is 350 g/mol. The van der Waals surface area contributed by atoms with Gasteiger partial charge in [0.05, 0.1) is 5.92 Å². The molecule has 0 radical (unpaired) electrons. The number of halogens is 1. The van der Waals surface area contributed by atoms with Crippen LogP contribution < -0.4 is 10.2 Å². The van der Waals surface area contributed by atoms with E-state index in [-0.39, 0.29) is 18.3 Å². The number of hydrogen-bond donors (Lipinski definition) is 1. The zero-order valence-corrected chi connectivity index (χ0v) is 16.8. The third-order valence-corrected chi connectivity index (χ3v) is 5.36. The second-order valence-corrected chi connectivity index (χ2v) is 7.19. The minimum absolute atomic E-state index is 0. The van der Waals surface area contributed by atoms with Crippen molar-refractivity contribution in [1.29, 1.82) is 0 Å². The summed E-state index contributed by atoms with van der Waals surface area (Å²) in [5.74, 6) is 1.52. The van der Waals surface area contributed by atoms with Crippen LogP contribution in [-0.2, 0) is 11.3 Å². The lowest BCUT2D eigenvalue weighted by molar-refractivity contribution is -0.138. The number of likely N-dealkylation sites (tertiary alicyclic amines) is 1. The second-order valence-electron chi connectivity index (χ2n) is 7.19. The van der Waals surface area contributed by atoms with Gasteiger partial charge in [0.2, 0.25) is 5.91 Å². The van der Waals surface area contributed by atoms with E-state index in [1.807, 2.05) is 11.1 Å². The first kappa shape index (κ1) is 20.9. The number of carbonyl (C=O) groups is 1. The number of amides is 1. The quantitative estimate of drug-likeness (QED) is 0.839. The number of aromatic nitrogens is 1. The molecule has 3 heterocycles. The molecule has 0 saturated carbocycles. The summed E-state index contributed by atoms with van der Waals surface area (Å²) in [6.45, 7) is 9.46. The number of piperazine rings is 1. The molecule has 6 nitrogen and oxygen atoms in total. The number of nitrogens with one attached hydrogen (secondary N) is 1. The van der Waals surface area contributed by atoms with E-state index in [1.165, 1.54) is 5.56 Å². The molecule has 1 unspecified atom stereocenters. The van der Waals surface area contributed by atoms with Gasteiger partial charge in [-0.15, -0.1) is 12.4 Å². The maximum absolute atomic E-state index is 12.8. The topological polar surface area (TPSA) is 51.7 Å². The van der Waals surface area contributed by atoms with E-state index >= 15 is 0 Å². The highest BCUT2D eigenvalue weighted by molar-refractivity contribution is 5.85. The molecule has 2 aliphatic heterocycles. The van der Waals surface area contributed by atoms with Gasteiger partial charge in [0.15, 0.2) is 0 Å². The minimum atomic E-state index is 0. The summed E-state index contributed by atoms with van der Waals surface area (Å²) in [7, 11) is 2.05. The van der Waals surface area contributed by atoms with E-state index < -0.39 is 0 Å².